The zero-order valence-electron chi connectivity index (χ0n) is 11.4. The molecule has 0 radical (unpaired) electrons. The number of rotatable bonds is 3. The van der Waals surface area contributed by atoms with E-state index < -0.39 is 5.79 Å². The Bertz CT molecular complexity index is 425. The van der Waals surface area contributed by atoms with Gasteiger partial charge in [-0.3, -0.25) is 4.90 Å². The van der Waals surface area contributed by atoms with Gasteiger partial charge in [0.05, 0.1) is 12.7 Å². The fourth-order valence-electron chi connectivity index (χ4n) is 2.94. The van der Waals surface area contributed by atoms with E-state index in [-0.39, 0.29) is 6.10 Å². The molecule has 0 amide bonds. The van der Waals surface area contributed by atoms with Gasteiger partial charge in [-0.25, -0.2) is 0 Å². The van der Waals surface area contributed by atoms with Crippen molar-refractivity contribution >= 4 is 0 Å². The molecular weight excluding hydrogens is 240 g/mol. The number of nitrogens with zero attached hydrogens (tertiary/aromatic N) is 1. The molecule has 2 N–H and O–H groups in total. The smallest absolute Gasteiger partial charge is 0.192 e. The third-order valence-electron chi connectivity index (χ3n) is 4.01. The molecule has 0 aliphatic carbocycles. The number of likely N-dealkylation sites (tertiary alicyclic amines) is 1. The molecular formula is C15H22N2O2. The van der Waals surface area contributed by atoms with Gasteiger partial charge in [0.15, 0.2) is 5.79 Å². The lowest BCUT2D eigenvalue weighted by Gasteiger charge is -2.25. The zero-order valence-corrected chi connectivity index (χ0v) is 11.4. The van der Waals surface area contributed by atoms with E-state index in [0.717, 1.165) is 31.6 Å². The Hall–Kier alpha value is -0.940. The van der Waals surface area contributed by atoms with Crippen LogP contribution in [0.25, 0.3) is 0 Å². The Labute approximate surface area is 114 Å². The minimum atomic E-state index is -0.603. The van der Waals surface area contributed by atoms with E-state index in [4.69, 9.17) is 15.2 Å². The largest absolute Gasteiger partial charge is 0.343 e. The van der Waals surface area contributed by atoms with Crippen LogP contribution in [0.2, 0.25) is 0 Å². The van der Waals surface area contributed by atoms with Crippen LogP contribution in [-0.4, -0.2) is 43.3 Å². The lowest BCUT2D eigenvalue weighted by Crippen LogP contribution is -2.35. The summed E-state index contributed by atoms with van der Waals surface area (Å²) >= 11 is 0. The molecule has 2 fully saturated rings. The van der Waals surface area contributed by atoms with Gasteiger partial charge < -0.3 is 15.2 Å². The highest BCUT2D eigenvalue weighted by molar-refractivity contribution is 5.20. The van der Waals surface area contributed by atoms with Crippen LogP contribution >= 0.6 is 0 Å². The van der Waals surface area contributed by atoms with Crippen molar-refractivity contribution in [1.29, 1.82) is 0 Å². The first-order chi connectivity index (χ1) is 9.16. The molecule has 0 aromatic heterocycles. The predicted octanol–water partition coefficient (Wildman–Crippen LogP) is 1.31. The average Bonchev–Trinajstić information content (AvgIpc) is 2.99. The highest BCUT2D eigenvalue weighted by Crippen LogP contribution is 2.34. The maximum absolute atomic E-state index is 6.13. The highest BCUT2D eigenvalue weighted by Gasteiger charge is 2.39. The summed E-state index contributed by atoms with van der Waals surface area (Å²) in [4.78, 5) is 2.37. The van der Waals surface area contributed by atoms with Crippen molar-refractivity contribution in [2.24, 2.45) is 5.73 Å². The molecule has 2 aliphatic heterocycles. The fourth-order valence-corrected chi connectivity index (χ4v) is 2.94. The highest BCUT2D eigenvalue weighted by atomic mass is 16.7. The van der Waals surface area contributed by atoms with Crippen molar-refractivity contribution < 1.29 is 9.47 Å². The summed E-state index contributed by atoms with van der Waals surface area (Å²) in [5.74, 6) is -0.603. The van der Waals surface area contributed by atoms with Gasteiger partial charge in [0.2, 0.25) is 0 Å². The van der Waals surface area contributed by atoms with Crippen molar-refractivity contribution in [2.45, 2.75) is 31.3 Å². The number of hydrogen-bond acceptors (Lipinski definition) is 4. The number of nitrogens with two attached hydrogens (primary N) is 1. The van der Waals surface area contributed by atoms with E-state index in [1.54, 1.807) is 0 Å². The monoisotopic (exact) mass is 262 g/mol. The second kappa shape index (κ2) is 5.21. The topological polar surface area (TPSA) is 47.7 Å². The lowest BCUT2D eigenvalue weighted by molar-refractivity contribution is -0.163. The van der Waals surface area contributed by atoms with Crippen LogP contribution in [0.1, 0.15) is 18.9 Å². The Morgan fingerprint density at radius 2 is 2.16 bits per heavy atom. The zero-order chi connectivity index (χ0) is 13.3. The molecule has 2 unspecified atom stereocenters. The summed E-state index contributed by atoms with van der Waals surface area (Å²) in [6.45, 7) is 5.61. The lowest BCUT2D eigenvalue weighted by atomic mass is 10.1. The van der Waals surface area contributed by atoms with Crippen LogP contribution in [0, 0.1) is 0 Å². The van der Waals surface area contributed by atoms with E-state index in [0.29, 0.717) is 12.6 Å². The van der Waals surface area contributed by atoms with Gasteiger partial charge in [-0.05, 0) is 19.9 Å². The number of benzene rings is 1. The Morgan fingerprint density at radius 1 is 1.37 bits per heavy atom. The van der Waals surface area contributed by atoms with Crippen LogP contribution in [0.3, 0.4) is 0 Å². The first kappa shape index (κ1) is 13.1. The first-order valence-corrected chi connectivity index (χ1v) is 7.01. The van der Waals surface area contributed by atoms with E-state index in [1.807, 2.05) is 37.3 Å². The molecule has 104 valence electrons. The van der Waals surface area contributed by atoms with Crippen molar-refractivity contribution in [3.63, 3.8) is 0 Å². The minimum absolute atomic E-state index is 0.135. The van der Waals surface area contributed by atoms with Crippen molar-refractivity contribution in [3.05, 3.63) is 35.9 Å². The quantitative estimate of drug-likeness (QED) is 0.892. The molecule has 2 heterocycles. The van der Waals surface area contributed by atoms with Gasteiger partial charge in [-0.2, -0.15) is 0 Å². The van der Waals surface area contributed by atoms with E-state index in [9.17, 15) is 0 Å². The normalized spacial score (nSPS) is 35.9. The molecule has 3 rings (SSSR count). The maximum atomic E-state index is 6.13. The van der Waals surface area contributed by atoms with Gasteiger partial charge in [-0.1, -0.05) is 30.3 Å². The van der Waals surface area contributed by atoms with Crippen LogP contribution in [0.5, 0.6) is 0 Å². The minimum Gasteiger partial charge on any atom is -0.343 e. The average molecular weight is 262 g/mol. The summed E-state index contributed by atoms with van der Waals surface area (Å²) in [5, 5.41) is 0. The predicted molar refractivity (Wildman–Crippen MR) is 73.7 cm³/mol. The van der Waals surface area contributed by atoms with Gasteiger partial charge in [0.25, 0.3) is 0 Å². The van der Waals surface area contributed by atoms with Gasteiger partial charge in [-0.15, -0.1) is 0 Å². The number of hydrogen-bond donors (Lipinski definition) is 1. The molecule has 3 atom stereocenters. The van der Waals surface area contributed by atoms with Crippen LogP contribution < -0.4 is 5.73 Å². The molecule has 0 saturated carbocycles. The molecule has 0 spiro atoms. The van der Waals surface area contributed by atoms with Gasteiger partial charge in [0.1, 0.15) is 0 Å². The summed E-state index contributed by atoms with van der Waals surface area (Å²) in [5.41, 5.74) is 7.01. The van der Waals surface area contributed by atoms with Gasteiger partial charge >= 0.3 is 0 Å². The standard InChI is InChI=1S/C15H22N2O2/c1-15(12-5-3-2-4-6-12)18-11-14(19-15)10-17-8-7-13(16)9-17/h2-6,13-14H,7-11,16H2,1H3/t13-,14?,15?/m1/s1. The molecule has 19 heavy (non-hydrogen) atoms. The van der Waals surface area contributed by atoms with Crippen LogP contribution in [-0.2, 0) is 15.3 Å². The Balaban J connectivity index is 1.60. The molecule has 2 aliphatic rings. The molecule has 4 nitrogen and oxygen atoms in total. The summed E-state index contributed by atoms with van der Waals surface area (Å²) < 4.78 is 12.0. The van der Waals surface area contributed by atoms with Crippen molar-refractivity contribution in [3.8, 4) is 0 Å². The molecule has 4 heteroatoms. The molecule has 2 saturated heterocycles. The van der Waals surface area contributed by atoms with Crippen molar-refractivity contribution in [1.82, 2.24) is 4.90 Å². The third kappa shape index (κ3) is 2.82. The number of ether oxygens (including phenoxy) is 2. The SMILES string of the molecule is CC1(c2ccccc2)OCC(CN2CC[C@@H](N)C2)O1. The summed E-state index contributed by atoms with van der Waals surface area (Å²) in [7, 11) is 0. The van der Waals surface area contributed by atoms with Crippen LogP contribution in [0.4, 0.5) is 0 Å². The van der Waals surface area contributed by atoms with Crippen LogP contribution in [0.15, 0.2) is 30.3 Å². The third-order valence-corrected chi connectivity index (χ3v) is 4.01. The van der Waals surface area contributed by atoms with E-state index in [2.05, 4.69) is 4.90 Å². The summed E-state index contributed by atoms with van der Waals surface area (Å²) in [6, 6.07) is 10.5. The summed E-state index contributed by atoms with van der Waals surface area (Å²) in [6.07, 6.45) is 1.22. The first-order valence-electron chi connectivity index (χ1n) is 7.01. The van der Waals surface area contributed by atoms with Crippen molar-refractivity contribution in [2.75, 3.05) is 26.2 Å². The second-order valence-electron chi connectivity index (χ2n) is 5.67. The molecule has 1 aromatic rings. The Kier molecular flexibility index (Phi) is 3.58. The molecule has 1 aromatic carbocycles. The maximum Gasteiger partial charge on any atom is 0.192 e. The second-order valence-corrected chi connectivity index (χ2v) is 5.67. The Morgan fingerprint density at radius 3 is 2.84 bits per heavy atom. The van der Waals surface area contributed by atoms with E-state index >= 15 is 0 Å². The fraction of sp³-hybridized carbons (Fsp3) is 0.600. The van der Waals surface area contributed by atoms with Gasteiger partial charge in [0, 0.05) is 24.7 Å². The van der Waals surface area contributed by atoms with E-state index in [1.165, 1.54) is 0 Å². The molecule has 0 bridgehead atoms.